The van der Waals surface area contributed by atoms with Crippen LogP contribution in [0.2, 0.25) is 0 Å². The van der Waals surface area contributed by atoms with Gasteiger partial charge in [0.2, 0.25) is 0 Å². The SMILES string of the molecule is CCC(C)CC(=O)O[C@@H](C)[C@H](C)OC(=O)[C@@H](N)Cc1ccc(OC(=O)OC(C)(C)CC)c(OC(=O)OC(C)(C)CC)c1. The first-order valence-electron chi connectivity index (χ1n) is 14.5. The van der Waals surface area contributed by atoms with E-state index >= 15 is 0 Å². The van der Waals surface area contributed by atoms with Crippen LogP contribution in [0.25, 0.3) is 0 Å². The van der Waals surface area contributed by atoms with Gasteiger partial charge in [-0.1, -0.05) is 40.2 Å². The minimum Gasteiger partial charge on any atom is -0.459 e. The van der Waals surface area contributed by atoms with Crippen molar-refractivity contribution in [1.29, 1.82) is 0 Å². The summed E-state index contributed by atoms with van der Waals surface area (Å²) in [6.45, 7) is 17.8. The standard InChI is InChI=1S/C31H49NO10/c1-11-19(4)16-26(33)37-20(5)21(6)38-27(34)23(32)17-22-14-15-24(39-28(35)41-30(7,8)12-2)25(18-22)40-29(36)42-31(9,10)13-3/h14-15,18-21,23H,11-13,16-17,32H2,1-10H3/t19?,20-,21-,23-/m0/s1. The molecule has 0 saturated carbocycles. The zero-order valence-electron chi connectivity index (χ0n) is 26.7. The molecule has 0 radical (unpaired) electrons. The van der Waals surface area contributed by atoms with E-state index < -0.39 is 47.7 Å². The topological polar surface area (TPSA) is 150 Å². The minimum absolute atomic E-state index is 0.00713. The van der Waals surface area contributed by atoms with Crippen molar-refractivity contribution >= 4 is 24.2 Å². The van der Waals surface area contributed by atoms with Crippen molar-refractivity contribution < 1.29 is 47.6 Å². The molecule has 0 spiro atoms. The van der Waals surface area contributed by atoms with E-state index in [9.17, 15) is 19.2 Å². The van der Waals surface area contributed by atoms with Crippen LogP contribution in [0, 0.1) is 5.92 Å². The molecule has 11 heteroatoms. The molecule has 0 aliphatic rings. The quantitative estimate of drug-likeness (QED) is 0.139. The maximum absolute atomic E-state index is 12.7. The molecule has 1 aromatic rings. The number of rotatable bonds is 15. The zero-order valence-corrected chi connectivity index (χ0v) is 26.7. The van der Waals surface area contributed by atoms with Crippen molar-refractivity contribution in [2.75, 3.05) is 0 Å². The van der Waals surface area contributed by atoms with Gasteiger partial charge in [0.1, 0.15) is 29.5 Å². The maximum Gasteiger partial charge on any atom is 0.514 e. The molecule has 0 bridgehead atoms. The molecule has 0 fully saturated rings. The van der Waals surface area contributed by atoms with Crippen LogP contribution in [0.1, 0.15) is 100 Å². The number of nitrogens with two attached hydrogens (primary N) is 1. The second-order valence-electron chi connectivity index (χ2n) is 11.8. The molecule has 1 rings (SSSR count). The number of carbonyl (C=O) groups is 4. The van der Waals surface area contributed by atoms with E-state index in [0.29, 0.717) is 18.4 Å². The molecule has 1 unspecified atom stereocenters. The van der Waals surface area contributed by atoms with Gasteiger partial charge >= 0.3 is 24.2 Å². The molecule has 4 atom stereocenters. The van der Waals surface area contributed by atoms with Gasteiger partial charge in [0.25, 0.3) is 0 Å². The third kappa shape index (κ3) is 13.1. The summed E-state index contributed by atoms with van der Waals surface area (Å²) in [6.07, 6.45) is -1.14. The smallest absolute Gasteiger partial charge is 0.459 e. The molecular formula is C31H49NO10. The molecule has 0 aliphatic heterocycles. The van der Waals surface area contributed by atoms with Crippen LogP contribution in [-0.2, 0) is 35.0 Å². The Labute approximate surface area is 249 Å². The van der Waals surface area contributed by atoms with Crippen LogP contribution in [-0.4, -0.2) is 53.7 Å². The number of hydrogen-bond acceptors (Lipinski definition) is 11. The Morgan fingerprint density at radius 1 is 0.786 bits per heavy atom. The van der Waals surface area contributed by atoms with Gasteiger partial charge in [0.05, 0.1) is 0 Å². The number of ether oxygens (including phenoxy) is 6. The van der Waals surface area contributed by atoms with Gasteiger partial charge in [0, 0.05) is 6.42 Å². The Morgan fingerprint density at radius 3 is 1.79 bits per heavy atom. The van der Waals surface area contributed by atoms with Gasteiger partial charge in [-0.05, 0) is 84.4 Å². The van der Waals surface area contributed by atoms with Gasteiger partial charge in [-0.25, -0.2) is 9.59 Å². The highest BCUT2D eigenvalue weighted by Crippen LogP contribution is 2.31. The molecule has 238 valence electrons. The number of benzene rings is 1. The largest absolute Gasteiger partial charge is 0.514 e. The van der Waals surface area contributed by atoms with E-state index in [2.05, 4.69) is 0 Å². The van der Waals surface area contributed by atoms with Crippen LogP contribution < -0.4 is 15.2 Å². The summed E-state index contributed by atoms with van der Waals surface area (Å²) < 4.78 is 32.3. The monoisotopic (exact) mass is 595 g/mol. The van der Waals surface area contributed by atoms with Crippen molar-refractivity contribution in [1.82, 2.24) is 0 Å². The average molecular weight is 596 g/mol. The first kappa shape index (κ1) is 36.7. The number of hydrogen-bond donors (Lipinski definition) is 1. The van der Waals surface area contributed by atoms with Crippen molar-refractivity contribution in [3.63, 3.8) is 0 Å². The summed E-state index contributed by atoms with van der Waals surface area (Å²) in [6, 6.07) is 3.31. The Hall–Kier alpha value is -3.34. The molecule has 0 saturated heterocycles. The third-order valence-electron chi connectivity index (χ3n) is 7.07. The van der Waals surface area contributed by atoms with E-state index in [1.165, 1.54) is 12.1 Å². The number of esters is 2. The summed E-state index contributed by atoms with van der Waals surface area (Å²) >= 11 is 0. The highest BCUT2D eigenvalue weighted by molar-refractivity contribution is 5.76. The summed E-state index contributed by atoms with van der Waals surface area (Å²) in [5.74, 6) is -1.08. The average Bonchev–Trinajstić information content (AvgIpc) is 2.89. The first-order valence-corrected chi connectivity index (χ1v) is 14.5. The van der Waals surface area contributed by atoms with E-state index in [4.69, 9.17) is 34.2 Å². The van der Waals surface area contributed by atoms with Crippen molar-refractivity contribution in [2.24, 2.45) is 11.7 Å². The van der Waals surface area contributed by atoms with Gasteiger partial charge in [-0.2, -0.15) is 0 Å². The Morgan fingerprint density at radius 2 is 1.29 bits per heavy atom. The summed E-state index contributed by atoms with van der Waals surface area (Å²) in [5, 5.41) is 0. The minimum atomic E-state index is -1.09. The van der Waals surface area contributed by atoms with Crippen molar-refractivity contribution in [2.45, 2.75) is 131 Å². The predicted octanol–water partition coefficient (Wildman–Crippen LogP) is 6.26. The van der Waals surface area contributed by atoms with Crippen LogP contribution in [0.4, 0.5) is 9.59 Å². The first-order chi connectivity index (χ1) is 19.4. The summed E-state index contributed by atoms with van der Waals surface area (Å²) in [5.41, 5.74) is 5.05. The van der Waals surface area contributed by atoms with Crippen LogP contribution >= 0.6 is 0 Å². The van der Waals surface area contributed by atoms with E-state index in [-0.39, 0.29) is 36.2 Å². The van der Waals surface area contributed by atoms with Gasteiger partial charge in [-0.15, -0.1) is 0 Å². The Bertz CT molecular complexity index is 1070. The van der Waals surface area contributed by atoms with Crippen LogP contribution in [0.3, 0.4) is 0 Å². The second kappa shape index (κ2) is 16.3. The fraction of sp³-hybridized carbons (Fsp3) is 0.677. The molecule has 0 aliphatic carbocycles. The lowest BCUT2D eigenvalue weighted by Crippen LogP contribution is -2.39. The van der Waals surface area contributed by atoms with E-state index in [1.807, 2.05) is 27.7 Å². The summed E-state index contributed by atoms with van der Waals surface area (Å²) in [4.78, 5) is 49.8. The fourth-order valence-corrected chi connectivity index (χ4v) is 3.14. The predicted molar refractivity (Wildman–Crippen MR) is 156 cm³/mol. The van der Waals surface area contributed by atoms with Gasteiger partial charge in [-0.3, -0.25) is 9.59 Å². The zero-order chi connectivity index (χ0) is 32.3. The molecule has 0 amide bonds. The van der Waals surface area contributed by atoms with Crippen molar-refractivity contribution in [3.05, 3.63) is 23.8 Å². The highest BCUT2D eigenvalue weighted by atomic mass is 16.8. The molecule has 0 heterocycles. The van der Waals surface area contributed by atoms with E-state index in [1.54, 1.807) is 47.6 Å². The van der Waals surface area contributed by atoms with Crippen LogP contribution in [0.5, 0.6) is 11.5 Å². The highest BCUT2D eigenvalue weighted by Gasteiger charge is 2.28. The molecule has 2 N–H and O–H groups in total. The van der Waals surface area contributed by atoms with Gasteiger partial charge in [0.15, 0.2) is 11.5 Å². The fourth-order valence-electron chi connectivity index (χ4n) is 3.14. The second-order valence-corrected chi connectivity index (χ2v) is 11.8. The number of carbonyl (C=O) groups excluding carboxylic acids is 4. The normalized spacial score (nSPS) is 14.5. The van der Waals surface area contributed by atoms with E-state index in [0.717, 1.165) is 6.42 Å². The molecule has 0 aromatic heterocycles. The summed E-state index contributed by atoms with van der Waals surface area (Å²) in [7, 11) is 0. The Balaban J connectivity index is 3.02. The maximum atomic E-state index is 12.7. The third-order valence-corrected chi connectivity index (χ3v) is 7.07. The van der Waals surface area contributed by atoms with Crippen molar-refractivity contribution in [3.8, 4) is 11.5 Å². The molecule has 1 aromatic carbocycles. The van der Waals surface area contributed by atoms with Gasteiger partial charge < -0.3 is 34.2 Å². The molecule has 42 heavy (non-hydrogen) atoms. The lowest BCUT2D eigenvalue weighted by Gasteiger charge is -2.24. The lowest BCUT2D eigenvalue weighted by molar-refractivity contribution is -0.166. The van der Waals surface area contributed by atoms with Crippen LogP contribution in [0.15, 0.2) is 18.2 Å². The lowest BCUT2D eigenvalue weighted by atomic mass is 10.1. The molecular weight excluding hydrogens is 546 g/mol. The Kier molecular flexibility index (Phi) is 14.3. The molecule has 11 nitrogen and oxygen atoms in total.